The molecule has 0 fully saturated rings. The van der Waals surface area contributed by atoms with Crippen LogP contribution in [0.1, 0.15) is 12.8 Å². The second-order valence-corrected chi connectivity index (χ2v) is 2.38. The van der Waals surface area contributed by atoms with Crippen LogP contribution in [0.5, 0.6) is 0 Å². The fourth-order valence-corrected chi connectivity index (χ4v) is 0.931. The smallest absolute Gasteiger partial charge is 0.112 e. The van der Waals surface area contributed by atoms with Crippen LogP contribution in [0.3, 0.4) is 0 Å². The van der Waals surface area contributed by atoms with Crippen LogP contribution < -0.4 is 0 Å². The summed E-state index contributed by atoms with van der Waals surface area (Å²) in [5, 5.41) is 8.82. The van der Waals surface area contributed by atoms with E-state index in [4.69, 9.17) is 5.11 Å². The van der Waals surface area contributed by atoms with Crippen molar-refractivity contribution in [3.8, 4) is 0 Å². The number of aliphatic hydroxyl groups is 1. The number of hydrogen-bond donors (Lipinski definition) is 2. The third-order valence-corrected chi connectivity index (χ3v) is 1.42. The summed E-state index contributed by atoms with van der Waals surface area (Å²) in [6.45, 7) is 0. The molecule has 0 atom stereocenters. The van der Waals surface area contributed by atoms with Crippen molar-refractivity contribution in [3.05, 3.63) is 22.8 Å². The van der Waals surface area contributed by atoms with Gasteiger partial charge in [0, 0.05) is 0 Å². The Balaban J connectivity index is 2.69. The molecule has 0 aromatic carbocycles. The van der Waals surface area contributed by atoms with Crippen molar-refractivity contribution in [2.75, 3.05) is 0 Å². The Morgan fingerprint density at radius 1 is 1.62 bits per heavy atom. The molecule has 1 rings (SSSR count). The Bertz CT molecular complexity index is 147. The number of rotatable bonds is 0. The number of aliphatic hydroxyl groups excluding tert-OH is 1. The van der Waals surface area contributed by atoms with Gasteiger partial charge in [0.25, 0.3) is 0 Å². The maximum Gasteiger partial charge on any atom is 0.112 e. The van der Waals surface area contributed by atoms with Gasteiger partial charge in [-0.25, -0.2) is 0 Å². The molecule has 0 saturated carbocycles. The molecule has 1 N–H and O–H groups in total. The lowest BCUT2D eigenvalue weighted by atomic mass is 10.2. The van der Waals surface area contributed by atoms with Gasteiger partial charge >= 0.3 is 0 Å². The van der Waals surface area contributed by atoms with E-state index in [9.17, 15) is 0 Å². The van der Waals surface area contributed by atoms with Crippen LogP contribution in [0.4, 0.5) is 0 Å². The van der Waals surface area contributed by atoms with E-state index in [-0.39, 0.29) is 0 Å². The van der Waals surface area contributed by atoms with Gasteiger partial charge in [-0.2, -0.15) is 0 Å². The van der Waals surface area contributed by atoms with Gasteiger partial charge in [0.15, 0.2) is 0 Å². The van der Waals surface area contributed by atoms with Crippen LogP contribution in [-0.2, 0) is 0 Å². The Hall–Kier alpha value is -0.370. The highest BCUT2D eigenvalue weighted by Gasteiger charge is 1.97. The highest BCUT2D eigenvalue weighted by molar-refractivity contribution is 7.84. The van der Waals surface area contributed by atoms with Gasteiger partial charge in [0.05, 0.1) is 0 Å². The highest BCUT2D eigenvalue weighted by atomic mass is 32.1. The largest absolute Gasteiger partial charge is 0.508 e. The average Bonchev–Trinajstić information content (AvgIpc) is 1.64. The fraction of sp³-hybridized carbons (Fsp3) is 0.333. The van der Waals surface area contributed by atoms with E-state index in [2.05, 4.69) is 12.6 Å². The number of thiol groups is 1. The van der Waals surface area contributed by atoms with Crippen molar-refractivity contribution in [2.45, 2.75) is 12.8 Å². The summed E-state index contributed by atoms with van der Waals surface area (Å²) in [5.41, 5.74) is 0. The number of hydrogen-bond acceptors (Lipinski definition) is 2. The average molecular weight is 128 g/mol. The van der Waals surface area contributed by atoms with Crippen LogP contribution in [0.15, 0.2) is 22.8 Å². The molecule has 8 heavy (non-hydrogen) atoms. The van der Waals surface area contributed by atoms with Crippen molar-refractivity contribution in [1.29, 1.82) is 0 Å². The molecule has 0 aliphatic heterocycles. The summed E-state index contributed by atoms with van der Waals surface area (Å²) in [7, 11) is 0. The number of allylic oxidation sites excluding steroid dienone is 3. The highest BCUT2D eigenvalue weighted by Crippen LogP contribution is 2.17. The topological polar surface area (TPSA) is 20.2 Å². The van der Waals surface area contributed by atoms with Gasteiger partial charge in [-0.1, -0.05) is 0 Å². The molecule has 0 saturated heterocycles. The molecule has 1 aliphatic carbocycles. The molecule has 1 aliphatic rings. The molecule has 0 unspecified atom stereocenters. The first kappa shape index (κ1) is 5.76. The molecule has 44 valence electrons. The summed E-state index contributed by atoms with van der Waals surface area (Å²) in [6.07, 6.45) is 5.35. The van der Waals surface area contributed by atoms with Gasteiger partial charge in [-0.3, -0.25) is 0 Å². The molecule has 2 heteroatoms. The maximum atomic E-state index is 8.82. The van der Waals surface area contributed by atoms with Crippen molar-refractivity contribution < 1.29 is 5.11 Å². The molecule has 0 heterocycles. The Morgan fingerprint density at radius 3 is 2.75 bits per heavy atom. The lowest BCUT2D eigenvalue weighted by molar-refractivity contribution is 0.426. The SMILES string of the molecule is OC1=CCCC(S)=C1. The first-order chi connectivity index (χ1) is 3.79. The standard InChI is InChI=1S/C6H8OS/c7-5-2-1-3-6(8)4-5/h2,4,7-8H,1,3H2. The molecule has 0 amide bonds. The van der Waals surface area contributed by atoms with Gasteiger partial charge < -0.3 is 5.11 Å². The quantitative estimate of drug-likeness (QED) is 0.478. The minimum absolute atomic E-state index is 0.348. The van der Waals surface area contributed by atoms with Gasteiger partial charge in [-0.15, -0.1) is 12.6 Å². The summed E-state index contributed by atoms with van der Waals surface area (Å²) >= 11 is 4.08. The molecule has 0 spiro atoms. The second-order valence-electron chi connectivity index (χ2n) is 1.80. The van der Waals surface area contributed by atoms with Gasteiger partial charge in [0.2, 0.25) is 0 Å². The van der Waals surface area contributed by atoms with Crippen LogP contribution >= 0.6 is 12.6 Å². The fourth-order valence-electron chi connectivity index (χ4n) is 0.670. The maximum absolute atomic E-state index is 8.82. The summed E-state index contributed by atoms with van der Waals surface area (Å²) in [6, 6.07) is 0. The molecular formula is C6H8OS. The van der Waals surface area contributed by atoms with E-state index in [0.717, 1.165) is 17.7 Å². The minimum atomic E-state index is 0.348. The van der Waals surface area contributed by atoms with Gasteiger partial charge in [-0.05, 0) is 29.9 Å². The lowest BCUT2D eigenvalue weighted by Gasteiger charge is -2.02. The zero-order valence-corrected chi connectivity index (χ0v) is 5.36. The third-order valence-electron chi connectivity index (χ3n) is 1.07. The first-order valence-corrected chi connectivity index (χ1v) is 3.02. The first-order valence-electron chi connectivity index (χ1n) is 2.58. The predicted octanol–water partition coefficient (Wildman–Crippen LogP) is 2.04. The second kappa shape index (κ2) is 2.27. The van der Waals surface area contributed by atoms with Crippen LogP contribution in [0.25, 0.3) is 0 Å². The zero-order chi connectivity index (χ0) is 5.98. The van der Waals surface area contributed by atoms with E-state index in [0.29, 0.717) is 5.76 Å². The van der Waals surface area contributed by atoms with Crippen molar-refractivity contribution in [1.82, 2.24) is 0 Å². The van der Waals surface area contributed by atoms with E-state index in [1.54, 1.807) is 12.2 Å². The van der Waals surface area contributed by atoms with E-state index in [1.165, 1.54) is 0 Å². The zero-order valence-electron chi connectivity index (χ0n) is 4.46. The monoisotopic (exact) mass is 128 g/mol. The van der Waals surface area contributed by atoms with Gasteiger partial charge in [0.1, 0.15) is 5.76 Å². The third kappa shape index (κ3) is 1.30. The molecule has 0 bridgehead atoms. The van der Waals surface area contributed by atoms with Crippen LogP contribution in [0.2, 0.25) is 0 Å². The molecular weight excluding hydrogens is 120 g/mol. The normalized spacial score (nSPS) is 19.6. The molecule has 0 radical (unpaired) electrons. The predicted molar refractivity (Wildman–Crippen MR) is 37.0 cm³/mol. The molecule has 0 aromatic heterocycles. The Morgan fingerprint density at radius 2 is 2.38 bits per heavy atom. The van der Waals surface area contributed by atoms with Crippen molar-refractivity contribution >= 4 is 12.6 Å². The van der Waals surface area contributed by atoms with Crippen molar-refractivity contribution in [3.63, 3.8) is 0 Å². The molecule has 0 aromatic rings. The summed E-state index contributed by atoms with van der Waals surface area (Å²) in [5.74, 6) is 0.348. The Kier molecular flexibility index (Phi) is 1.63. The van der Waals surface area contributed by atoms with Crippen LogP contribution in [0, 0.1) is 0 Å². The summed E-state index contributed by atoms with van der Waals surface area (Å²) < 4.78 is 0. The van der Waals surface area contributed by atoms with E-state index in [1.807, 2.05) is 0 Å². The Labute approximate surface area is 54.1 Å². The van der Waals surface area contributed by atoms with Crippen molar-refractivity contribution in [2.24, 2.45) is 0 Å². The molecule has 1 nitrogen and oxygen atoms in total. The minimum Gasteiger partial charge on any atom is -0.508 e. The van der Waals surface area contributed by atoms with E-state index >= 15 is 0 Å². The lowest BCUT2D eigenvalue weighted by Crippen LogP contribution is -1.84. The summed E-state index contributed by atoms with van der Waals surface area (Å²) in [4.78, 5) is 0.963. The van der Waals surface area contributed by atoms with E-state index < -0.39 is 0 Å². The van der Waals surface area contributed by atoms with Crippen LogP contribution in [-0.4, -0.2) is 5.11 Å².